The standard InChI is InChI=1S/C31H41O5P/c1-30(2,3)22-16-20(32-7)18-26(28(22)35-10)37(25-15-13-12-14-24(25)34-9)27-19-21(33-8)17-23(29(27)36-11)31(4,5)6/h12-19H,1-11H3. The lowest BCUT2D eigenvalue weighted by atomic mass is 9.86. The molecule has 37 heavy (non-hydrogen) atoms. The highest BCUT2D eigenvalue weighted by Gasteiger charge is 2.33. The lowest BCUT2D eigenvalue weighted by Gasteiger charge is -2.31. The largest absolute Gasteiger partial charge is 0.497 e. The van der Waals surface area contributed by atoms with E-state index in [0.29, 0.717) is 0 Å². The Morgan fingerprint density at radius 2 is 0.946 bits per heavy atom. The number of hydrogen-bond acceptors (Lipinski definition) is 5. The molecule has 0 spiro atoms. The maximum absolute atomic E-state index is 6.18. The van der Waals surface area contributed by atoms with Gasteiger partial charge in [0.2, 0.25) is 0 Å². The van der Waals surface area contributed by atoms with E-state index in [4.69, 9.17) is 23.7 Å². The van der Waals surface area contributed by atoms with Gasteiger partial charge in [0.1, 0.15) is 28.7 Å². The van der Waals surface area contributed by atoms with Gasteiger partial charge in [-0.2, -0.15) is 0 Å². The van der Waals surface area contributed by atoms with Gasteiger partial charge in [0.15, 0.2) is 0 Å². The Morgan fingerprint density at radius 3 is 1.30 bits per heavy atom. The lowest BCUT2D eigenvalue weighted by molar-refractivity contribution is 0.390. The smallest absolute Gasteiger partial charge is 0.131 e. The van der Waals surface area contributed by atoms with E-state index in [1.165, 1.54) is 0 Å². The minimum atomic E-state index is -1.23. The zero-order chi connectivity index (χ0) is 27.5. The molecule has 0 heterocycles. The summed E-state index contributed by atoms with van der Waals surface area (Å²) in [5.41, 5.74) is 1.80. The van der Waals surface area contributed by atoms with Gasteiger partial charge in [-0.1, -0.05) is 59.7 Å². The van der Waals surface area contributed by atoms with Gasteiger partial charge in [-0.15, -0.1) is 0 Å². The Morgan fingerprint density at radius 1 is 0.514 bits per heavy atom. The quantitative estimate of drug-likeness (QED) is 0.334. The van der Waals surface area contributed by atoms with Gasteiger partial charge >= 0.3 is 0 Å². The highest BCUT2D eigenvalue weighted by atomic mass is 31.1. The molecule has 0 amide bonds. The highest BCUT2D eigenvalue weighted by Crippen LogP contribution is 2.48. The summed E-state index contributed by atoms with van der Waals surface area (Å²) >= 11 is 0. The van der Waals surface area contributed by atoms with Gasteiger partial charge in [-0.3, -0.25) is 0 Å². The van der Waals surface area contributed by atoms with Crippen molar-refractivity contribution in [2.45, 2.75) is 52.4 Å². The van der Waals surface area contributed by atoms with Crippen LogP contribution in [0.2, 0.25) is 0 Å². The number of hydrogen-bond donors (Lipinski definition) is 0. The van der Waals surface area contributed by atoms with Crippen LogP contribution < -0.4 is 39.6 Å². The molecule has 0 aliphatic heterocycles. The molecule has 5 nitrogen and oxygen atoms in total. The van der Waals surface area contributed by atoms with Crippen LogP contribution in [0.5, 0.6) is 28.7 Å². The molecule has 6 heteroatoms. The third kappa shape index (κ3) is 5.83. The van der Waals surface area contributed by atoms with Crippen LogP contribution in [-0.2, 0) is 10.8 Å². The predicted octanol–water partition coefficient (Wildman–Crippen LogP) is 6.08. The first-order chi connectivity index (χ1) is 17.4. The Bertz CT molecular complexity index is 1160. The summed E-state index contributed by atoms with van der Waals surface area (Å²) in [5, 5.41) is 3.10. The first-order valence-corrected chi connectivity index (χ1v) is 13.7. The van der Waals surface area contributed by atoms with E-state index < -0.39 is 7.92 Å². The monoisotopic (exact) mass is 524 g/mol. The van der Waals surface area contributed by atoms with Crippen molar-refractivity contribution in [1.82, 2.24) is 0 Å². The van der Waals surface area contributed by atoms with Crippen LogP contribution in [0.4, 0.5) is 0 Å². The summed E-state index contributed by atoms with van der Waals surface area (Å²) in [6.07, 6.45) is 0. The van der Waals surface area contributed by atoms with Gasteiger partial charge in [0.05, 0.1) is 35.5 Å². The van der Waals surface area contributed by atoms with Crippen LogP contribution >= 0.6 is 7.92 Å². The number of methoxy groups -OCH3 is 5. The average Bonchev–Trinajstić information content (AvgIpc) is 2.86. The molecule has 0 fully saturated rings. The van der Waals surface area contributed by atoms with Crippen molar-refractivity contribution in [2.75, 3.05) is 35.5 Å². The molecule has 0 aromatic heterocycles. The van der Waals surface area contributed by atoms with Gasteiger partial charge in [0.25, 0.3) is 0 Å². The molecule has 0 saturated heterocycles. The fourth-order valence-electron chi connectivity index (χ4n) is 4.49. The molecule has 0 aliphatic rings. The van der Waals surface area contributed by atoms with Crippen molar-refractivity contribution in [1.29, 1.82) is 0 Å². The van der Waals surface area contributed by atoms with E-state index in [-0.39, 0.29) is 10.8 Å². The molecule has 200 valence electrons. The van der Waals surface area contributed by atoms with Gasteiger partial charge in [-0.25, -0.2) is 0 Å². The van der Waals surface area contributed by atoms with E-state index in [9.17, 15) is 0 Å². The summed E-state index contributed by atoms with van der Waals surface area (Å²) in [4.78, 5) is 0. The fourth-order valence-corrected chi connectivity index (χ4v) is 7.23. The van der Waals surface area contributed by atoms with Crippen molar-refractivity contribution in [2.24, 2.45) is 0 Å². The third-order valence-electron chi connectivity index (χ3n) is 6.39. The minimum absolute atomic E-state index is 0.175. The van der Waals surface area contributed by atoms with Crippen LogP contribution in [0.15, 0.2) is 48.5 Å². The molecule has 0 atom stereocenters. The van der Waals surface area contributed by atoms with Gasteiger partial charge < -0.3 is 23.7 Å². The lowest BCUT2D eigenvalue weighted by Crippen LogP contribution is -2.28. The predicted molar refractivity (Wildman–Crippen MR) is 155 cm³/mol. The maximum Gasteiger partial charge on any atom is 0.131 e. The van der Waals surface area contributed by atoms with E-state index >= 15 is 0 Å². The average molecular weight is 525 g/mol. The second kappa shape index (κ2) is 11.2. The molecule has 3 aromatic rings. The first-order valence-electron chi connectivity index (χ1n) is 12.4. The molecular weight excluding hydrogens is 483 g/mol. The minimum Gasteiger partial charge on any atom is -0.497 e. The molecule has 3 aromatic carbocycles. The molecule has 3 rings (SSSR count). The highest BCUT2D eigenvalue weighted by molar-refractivity contribution is 7.80. The van der Waals surface area contributed by atoms with Crippen molar-refractivity contribution in [3.8, 4) is 28.7 Å². The Labute approximate surface area is 223 Å². The summed E-state index contributed by atoms with van der Waals surface area (Å²) in [7, 11) is 7.35. The fraction of sp³-hybridized carbons (Fsp3) is 0.419. The Hall–Kier alpha value is -2.91. The van der Waals surface area contributed by atoms with Gasteiger partial charge in [-0.05, 0) is 49.1 Å². The molecular formula is C31H41O5P. The van der Waals surface area contributed by atoms with E-state index in [0.717, 1.165) is 55.8 Å². The first kappa shape index (κ1) is 28.7. The van der Waals surface area contributed by atoms with E-state index in [1.807, 2.05) is 18.2 Å². The van der Waals surface area contributed by atoms with Crippen molar-refractivity contribution in [3.63, 3.8) is 0 Å². The SMILES string of the molecule is COc1cc(P(c2ccccc2OC)c2cc(OC)cc(C(C)(C)C)c2OC)c(OC)c(C(C)(C)C)c1. The maximum atomic E-state index is 6.18. The van der Waals surface area contributed by atoms with Gasteiger partial charge in [0, 0.05) is 27.0 Å². The number of rotatable bonds is 8. The van der Waals surface area contributed by atoms with E-state index in [2.05, 4.69) is 71.9 Å². The topological polar surface area (TPSA) is 46.2 Å². The summed E-state index contributed by atoms with van der Waals surface area (Å²) in [6, 6.07) is 16.5. The summed E-state index contributed by atoms with van der Waals surface area (Å²) < 4.78 is 29.9. The summed E-state index contributed by atoms with van der Waals surface area (Å²) in [6.45, 7) is 13.1. The molecule has 0 bridgehead atoms. The Kier molecular flexibility index (Phi) is 8.70. The third-order valence-corrected chi connectivity index (χ3v) is 8.87. The zero-order valence-corrected chi connectivity index (χ0v) is 25.0. The van der Waals surface area contributed by atoms with Crippen molar-refractivity contribution >= 4 is 23.8 Å². The molecule has 0 unspecified atom stereocenters. The molecule has 0 radical (unpaired) electrons. The molecule has 0 saturated carbocycles. The second-order valence-electron chi connectivity index (χ2n) is 11.0. The van der Waals surface area contributed by atoms with E-state index in [1.54, 1.807) is 35.5 Å². The van der Waals surface area contributed by atoms with Crippen LogP contribution in [-0.4, -0.2) is 35.5 Å². The van der Waals surface area contributed by atoms with Crippen LogP contribution in [0.3, 0.4) is 0 Å². The van der Waals surface area contributed by atoms with Crippen LogP contribution in [0, 0.1) is 0 Å². The molecule has 0 N–H and O–H groups in total. The van der Waals surface area contributed by atoms with Crippen molar-refractivity contribution in [3.05, 3.63) is 59.7 Å². The number of benzene rings is 3. The van der Waals surface area contributed by atoms with Crippen molar-refractivity contribution < 1.29 is 23.7 Å². The number of ether oxygens (including phenoxy) is 5. The Balaban J connectivity index is 2.57. The number of para-hydroxylation sites is 1. The summed E-state index contributed by atoms with van der Waals surface area (Å²) in [5.74, 6) is 4.04. The zero-order valence-electron chi connectivity index (χ0n) is 24.1. The normalized spacial score (nSPS) is 11.9. The second-order valence-corrected chi connectivity index (χ2v) is 13.1. The molecule has 0 aliphatic carbocycles. The van der Waals surface area contributed by atoms with Crippen LogP contribution in [0.1, 0.15) is 52.7 Å². The van der Waals surface area contributed by atoms with Crippen LogP contribution in [0.25, 0.3) is 0 Å².